The fourth-order valence-electron chi connectivity index (χ4n) is 0.881. The number of hydrogen-bond acceptors (Lipinski definition) is 5. The zero-order valence-electron chi connectivity index (χ0n) is 9.56. The molecular formula is C9H17N3O4S. The van der Waals surface area contributed by atoms with Gasteiger partial charge in [-0.15, -0.1) is 0 Å². The number of nitrogens with two attached hydrogens (primary N) is 1. The molecule has 0 saturated carbocycles. The highest BCUT2D eigenvalue weighted by atomic mass is 32.2. The highest BCUT2D eigenvalue weighted by molar-refractivity contribution is 7.98. The number of piperazine rings is 1. The molecule has 1 aliphatic rings. The van der Waals surface area contributed by atoms with E-state index in [1.54, 1.807) is 11.8 Å². The van der Waals surface area contributed by atoms with Crippen LogP contribution in [0.3, 0.4) is 0 Å². The number of amides is 2. The Balaban J connectivity index is 0.000000302. The van der Waals surface area contributed by atoms with E-state index in [9.17, 15) is 14.4 Å². The van der Waals surface area contributed by atoms with Gasteiger partial charge in [0.05, 0.1) is 0 Å². The molecule has 0 aromatic heterocycles. The van der Waals surface area contributed by atoms with Crippen molar-refractivity contribution in [3.8, 4) is 0 Å². The largest absolute Gasteiger partial charge is 0.480 e. The lowest BCUT2D eigenvalue weighted by Crippen LogP contribution is -2.49. The van der Waals surface area contributed by atoms with E-state index < -0.39 is 23.8 Å². The van der Waals surface area contributed by atoms with Crippen molar-refractivity contribution in [3.05, 3.63) is 0 Å². The number of rotatable bonds is 4. The van der Waals surface area contributed by atoms with E-state index in [0.29, 0.717) is 19.5 Å². The predicted molar refractivity (Wildman–Crippen MR) is 64.6 cm³/mol. The molecule has 1 saturated heterocycles. The first-order chi connectivity index (χ1) is 7.99. The second-order valence-corrected chi connectivity index (χ2v) is 4.22. The SMILES string of the molecule is CSCCC(N)C(=O)O.O=C1NCCNC1=O. The minimum atomic E-state index is -0.913. The van der Waals surface area contributed by atoms with E-state index in [-0.39, 0.29) is 0 Å². The second kappa shape index (κ2) is 8.82. The number of carboxylic acids is 1. The summed E-state index contributed by atoms with van der Waals surface area (Å²) in [5.41, 5.74) is 5.19. The third kappa shape index (κ3) is 7.58. The van der Waals surface area contributed by atoms with Crippen LogP contribution < -0.4 is 16.4 Å². The first-order valence-electron chi connectivity index (χ1n) is 5.02. The van der Waals surface area contributed by atoms with Crippen molar-refractivity contribution >= 4 is 29.5 Å². The molecule has 1 unspecified atom stereocenters. The van der Waals surface area contributed by atoms with Crippen molar-refractivity contribution in [2.24, 2.45) is 5.73 Å². The molecule has 1 rings (SSSR count). The third-order valence-corrected chi connectivity index (χ3v) is 2.50. The molecule has 1 fully saturated rings. The molecule has 1 aliphatic heterocycles. The number of thioether (sulfide) groups is 1. The Bertz CT molecular complexity index is 269. The number of carbonyl (C=O) groups is 3. The van der Waals surface area contributed by atoms with Gasteiger partial charge in [-0.1, -0.05) is 0 Å². The normalized spacial score (nSPS) is 16.1. The van der Waals surface area contributed by atoms with Gasteiger partial charge in [0.25, 0.3) is 0 Å². The molecule has 1 heterocycles. The minimum Gasteiger partial charge on any atom is -0.480 e. The Labute approximate surface area is 104 Å². The lowest BCUT2D eigenvalue weighted by molar-refractivity contribution is -0.140. The van der Waals surface area contributed by atoms with Gasteiger partial charge in [0.15, 0.2) is 0 Å². The summed E-state index contributed by atoms with van der Waals surface area (Å²) in [7, 11) is 0. The zero-order valence-corrected chi connectivity index (χ0v) is 10.4. The molecule has 5 N–H and O–H groups in total. The molecule has 0 radical (unpaired) electrons. The summed E-state index contributed by atoms with van der Waals surface area (Å²) in [6.45, 7) is 1.09. The van der Waals surface area contributed by atoms with Crippen molar-refractivity contribution in [1.29, 1.82) is 0 Å². The average molecular weight is 263 g/mol. The Kier molecular flexibility index (Phi) is 8.16. The molecule has 98 valence electrons. The fraction of sp³-hybridized carbons (Fsp3) is 0.667. The maximum absolute atomic E-state index is 10.3. The Hall–Kier alpha value is -1.28. The smallest absolute Gasteiger partial charge is 0.320 e. The van der Waals surface area contributed by atoms with Crippen molar-refractivity contribution in [2.45, 2.75) is 12.5 Å². The average Bonchev–Trinajstić information content (AvgIpc) is 2.30. The first-order valence-corrected chi connectivity index (χ1v) is 6.41. The van der Waals surface area contributed by atoms with E-state index in [1.807, 2.05) is 6.26 Å². The summed E-state index contributed by atoms with van der Waals surface area (Å²) < 4.78 is 0. The van der Waals surface area contributed by atoms with Crippen LogP contribution in [0, 0.1) is 0 Å². The van der Waals surface area contributed by atoms with E-state index in [2.05, 4.69) is 10.6 Å². The van der Waals surface area contributed by atoms with Crippen LogP contribution in [0.4, 0.5) is 0 Å². The van der Waals surface area contributed by atoms with Gasteiger partial charge in [0, 0.05) is 13.1 Å². The van der Waals surface area contributed by atoms with Crippen LogP contribution in [0.5, 0.6) is 0 Å². The van der Waals surface area contributed by atoms with Gasteiger partial charge in [-0.2, -0.15) is 11.8 Å². The summed E-state index contributed by atoms with van der Waals surface area (Å²) >= 11 is 1.60. The maximum Gasteiger partial charge on any atom is 0.320 e. The molecule has 7 nitrogen and oxygen atoms in total. The van der Waals surface area contributed by atoms with E-state index in [1.165, 1.54) is 0 Å². The number of carboxylic acid groups (broad SMARTS) is 1. The molecule has 1 atom stereocenters. The molecule has 0 aliphatic carbocycles. The molecule has 2 amide bonds. The number of aliphatic carboxylic acids is 1. The van der Waals surface area contributed by atoms with E-state index in [0.717, 1.165) is 5.75 Å². The van der Waals surface area contributed by atoms with Crippen LogP contribution in [0.15, 0.2) is 0 Å². The van der Waals surface area contributed by atoms with Gasteiger partial charge in [-0.25, -0.2) is 0 Å². The van der Waals surface area contributed by atoms with Gasteiger partial charge >= 0.3 is 17.8 Å². The first kappa shape index (κ1) is 15.7. The number of carbonyl (C=O) groups excluding carboxylic acids is 2. The molecule has 0 aromatic carbocycles. The Morgan fingerprint density at radius 3 is 2.18 bits per heavy atom. The minimum absolute atomic E-state index is 0.531. The monoisotopic (exact) mass is 263 g/mol. The van der Waals surface area contributed by atoms with Crippen LogP contribution >= 0.6 is 11.8 Å². The maximum atomic E-state index is 10.3. The lowest BCUT2D eigenvalue weighted by atomic mass is 10.2. The molecule has 0 aromatic rings. The van der Waals surface area contributed by atoms with Crippen LogP contribution in [0.1, 0.15) is 6.42 Å². The fourth-order valence-corrected chi connectivity index (χ4v) is 1.37. The van der Waals surface area contributed by atoms with Gasteiger partial charge in [0.2, 0.25) is 0 Å². The summed E-state index contributed by atoms with van der Waals surface area (Å²) in [5, 5.41) is 13.0. The molecule has 0 bridgehead atoms. The summed E-state index contributed by atoms with van der Waals surface area (Å²) in [6, 6.07) is -0.683. The molecular weight excluding hydrogens is 246 g/mol. The van der Waals surface area contributed by atoms with Crippen molar-refractivity contribution < 1.29 is 19.5 Å². The van der Waals surface area contributed by atoms with Crippen LogP contribution in [-0.4, -0.2) is 54.0 Å². The van der Waals surface area contributed by atoms with Gasteiger partial charge in [-0.3, -0.25) is 14.4 Å². The standard InChI is InChI=1S/C5H11NO2S.C4H6N2O2/c1-9-3-2-4(6)5(7)8;7-3-4(8)6-2-1-5-3/h4H,2-3,6H2,1H3,(H,7,8);1-2H2,(H,5,7)(H,6,8). The number of hydrogen-bond donors (Lipinski definition) is 4. The molecule has 8 heteroatoms. The Morgan fingerprint density at radius 2 is 1.88 bits per heavy atom. The third-order valence-electron chi connectivity index (χ3n) is 1.85. The second-order valence-electron chi connectivity index (χ2n) is 3.24. The van der Waals surface area contributed by atoms with Gasteiger partial charge < -0.3 is 21.5 Å². The highest BCUT2D eigenvalue weighted by Crippen LogP contribution is 1.97. The van der Waals surface area contributed by atoms with Crippen molar-refractivity contribution in [3.63, 3.8) is 0 Å². The van der Waals surface area contributed by atoms with Crippen LogP contribution in [0.25, 0.3) is 0 Å². The lowest BCUT2D eigenvalue weighted by Gasteiger charge is -2.10. The van der Waals surface area contributed by atoms with Gasteiger partial charge in [0.1, 0.15) is 6.04 Å². The summed E-state index contributed by atoms with van der Waals surface area (Å²) in [5.74, 6) is -1.16. The van der Waals surface area contributed by atoms with Crippen molar-refractivity contribution in [1.82, 2.24) is 10.6 Å². The topological polar surface area (TPSA) is 122 Å². The molecule has 17 heavy (non-hydrogen) atoms. The van der Waals surface area contributed by atoms with Crippen molar-refractivity contribution in [2.75, 3.05) is 25.1 Å². The Morgan fingerprint density at radius 1 is 1.41 bits per heavy atom. The van der Waals surface area contributed by atoms with Gasteiger partial charge in [-0.05, 0) is 18.4 Å². The van der Waals surface area contributed by atoms with E-state index in [4.69, 9.17) is 10.8 Å². The predicted octanol–water partition coefficient (Wildman–Crippen LogP) is -1.62. The summed E-state index contributed by atoms with van der Waals surface area (Å²) in [4.78, 5) is 30.6. The highest BCUT2D eigenvalue weighted by Gasteiger charge is 2.15. The summed E-state index contributed by atoms with van der Waals surface area (Å²) in [6.07, 6.45) is 2.48. The quantitative estimate of drug-likeness (QED) is 0.452. The zero-order chi connectivity index (χ0) is 13.3. The van der Waals surface area contributed by atoms with Crippen LogP contribution in [0.2, 0.25) is 0 Å². The van der Waals surface area contributed by atoms with E-state index >= 15 is 0 Å². The van der Waals surface area contributed by atoms with Crippen LogP contribution in [-0.2, 0) is 14.4 Å². The number of nitrogens with one attached hydrogen (secondary N) is 2. The molecule has 0 spiro atoms.